The average Bonchev–Trinajstić information content (AvgIpc) is 2.98. The van der Waals surface area contributed by atoms with E-state index in [9.17, 15) is 9.59 Å². The number of carbonyl (C=O) groups is 2. The number of methoxy groups -OCH3 is 3. The molecule has 7 nitrogen and oxygen atoms in total. The molecular formula is C23H33NO6Si. The second-order valence-corrected chi connectivity index (χ2v) is 14.4. The second kappa shape index (κ2) is 8.22. The van der Waals surface area contributed by atoms with Crippen LogP contribution in [0.15, 0.2) is 24.0 Å². The van der Waals surface area contributed by atoms with Crippen LogP contribution in [0.25, 0.3) is 0 Å². The molecule has 31 heavy (non-hydrogen) atoms. The largest absolute Gasteiger partial charge is 0.547 e. The van der Waals surface area contributed by atoms with Crippen molar-refractivity contribution in [1.29, 1.82) is 0 Å². The van der Waals surface area contributed by atoms with Crippen LogP contribution in [0.2, 0.25) is 18.1 Å². The van der Waals surface area contributed by atoms with Crippen LogP contribution in [0.4, 0.5) is 0 Å². The van der Waals surface area contributed by atoms with Crippen molar-refractivity contribution in [2.45, 2.75) is 51.2 Å². The number of allylic oxidation sites excluding steroid dienone is 2. The third-order valence-corrected chi connectivity index (χ3v) is 11.1. The molecular weight excluding hydrogens is 414 g/mol. The first-order chi connectivity index (χ1) is 14.4. The summed E-state index contributed by atoms with van der Waals surface area (Å²) in [7, 11) is 2.54. The zero-order chi connectivity index (χ0) is 23.1. The van der Waals surface area contributed by atoms with Crippen molar-refractivity contribution in [2.75, 3.05) is 21.3 Å². The summed E-state index contributed by atoms with van der Waals surface area (Å²) >= 11 is 0. The highest BCUT2D eigenvalue weighted by atomic mass is 28.4. The van der Waals surface area contributed by atoms with Crippen LogP contribution < -0.4 is 19.5 Å². The number of amides is 2. The van der Waals surface area contributed by atoms with Crippen molar-refractivity contribution in [2.24, 2.45) is 11.8 Å². The Kier molecular flexibility index (Phi) is 6.15. The number of carbonyl (C=O) groups excluding carboxylic acids is 2. The van der Waals surface area contributed by atoms with Gasteiger partial charge in [-0.3, -0.25) is 14.9 Å². The summed E-state index contributed by atoms with van der Waals surface area (Å²) in [5.41, 5.74) is 0.811. The molecule has 170 valence electrons. The van der Waals surface area contributed by atoms with Gasteiger partial charge in [0.05, 0.1) is 38.9 Å². The molecule has 1 aliphatic carbocycles. The maximum atomic E-state index is 12.7. The number of rotatable bonds is 6. The molecule has 1 aromatic rings. The molecule has 0 spiro atoms. The predicted octanol–water partition coefficient (Wildman–Crippen LogP) is 3.99. The van der Waals surface area contributed by atoms with Crippen molar-refractivity contribution in [3.63, 3.8) is 0 Å². The summed E-state index contributed by atoms with van der Waals surface area (Å²) in [4.78, 5) is 25.3. The van der Waals surface area contributed by atoms with E-state index in [0.717, 1.165) is 11.3 Å². The standard InChI is InChI=1S/C23H33NO6Si/c1-23(2,3)31(7,8)30-14-11-15(19-16(12-14)21(25)24-22(19)26)13-9-17(27-4)20(29-6)18(10-13)28-5/h9-11,15-16,19H,12H2,1-8H3,(H,24,25,26)/t15-,16-,19+/m1/s1. The zero-order valence-corrected chi connectivity index (χ0v) is 20.6. The molecule has 2 aliphatic rings. The third-order valence-electron chi connectivity index (χ3n) is 6.76. The average molecular weight is 448 g/mol. The highest BCUT2D eigenvalue weighted by Gasteiger charge is 2.50. The van der Waals surface area contributed by atoms with Crippen molar-refractivity contribution >= 4 is 20.1 Å². The zero-order valence-electron chi connectivity index (χ0n) is 19.6. The summed E-state index contributed by atoms with van der Waals surface area (Å²) in [5.74, 6) is 0.467. The third kappa shape index (κ3) is 4.17. The molecule has 0 unspecified atom stereocenters. The van der Waals surface area contributed by atoms with Crippen molar-refractivity contribution < 1.29 is 28.2 Å². The fourth-order valence-electron chi connectivity index (χ4n) is 4.02. The highest BCUT2D eigenvalue weighted by Crippen LogP contribution is 2.48. The molecule has 0 aromatic heterocycles. The van der Waals surface area contributed by atoms with E-state index in [1.165, 1.54) is 0 Å². The lowest BCUT2D eigenvalue weighted by Crippen LogP contribution is -2.41. The summed E-state index contributed by atoms with van der Waals surface area (Å²) < 4.78 is 23.0. The first kappa shape index (κ1) is 23.2. The van der Waals surface area contributed by atoms with Gasteiger partial charge in [-0.25, -0.2) is 0 Å². The van der Waals surface area contributed by atoms with E-state index in [4.69, 9.17) is 18.6 Å². The molecule has 8 heteroatoms. The van der Waals surface area contributed by atoms with E-state index >= 15 is 0 Å². The van der Waals surface area contributed by atoms with Gasteiger partial charge in [0.2, 0.25) is 25.9 Å². The second-order valence-electron chi connectivity index (χ2n) is 9.67. The number of nitrogens with one attached hydrogen (secondary N) is 1. The first-order valence-electron chi connectivity index (χ1n) is 10.5. The summed E-state index contributed by atoms with van der Waals surface area (Å²) in [6, 6.07) is 3.68. The number of fused-ring (bicyclic) bond motifs is 1. The number of imide groups is 1. The Balaban J connectivity index is 2.11. The van der Waals surface area contributed by atoms with Gasteiger partial charge in [0.1, 0.15) is 0 Å². The number of hydrogen-bond acceptors (Lipinski definition) is 6. The first-order valence-corrected chi connectivity index (χ1v) is 13.4. The van der Waals surface area contributed by atoms with Gasteiger partial charge in [0, 0.05) is 12.3 Å². The van der Waals surface area contributed by atoms with Gasteiger partial charge in [0.15, 0.2) is 11.5 Å². The van der Waals surface area contributed by atoms with E-state index in [0.29, 0.717) is 23.7 Å². The Bertz CT molecular complexity index is 892. The van der Waals surface area contributed by atoms with Gasteiger partial charge in [-0.2, -0.15) is 0 Å². The molecule has 3 rings (SSSR count). The van der Waals surface area contributed by atoms with Gasteiger partial charge >= 0.3 is 0 Å². The lowest BCUT2D eigenvalue weighted by atomic mass is 9.73. The van der Waals surface area contributed by atoms with Crippen LogP contribution in [0.1, 0.15) is 38.7 Å². The van der Waals surface area contributed by atoms with Crippen LogP contribution in [-0.4, -0.2) is 41.5 Å². The lowest BCUT2D eigenvalue weighted by molar-refractivity contribution is -0.126. The SMILES string of the molecule is COc1cc([C@H]2C=C(O[Si](C)(C)C(C)(C)C)C[C@H]3C(=O)NC(=O)[C@@H]23)cc(OC)c1OC. The molecule has 1 fully saturated rings. The topological polar surface area (TPSA) is 83.1 Å². The Hall–Kier alpha value is -2.48. The Labute approximate surface area is 185 Å². The van der Waals surface area contributed by atoms with Crippen molar-refractivity contribution in [1.82, 2.24) is 5.32 Å². The normalized spacial score (nSPS) is 23.6. The monoisotopic (exact) mass is 447 g/mol. The van der Waals surface area contributed by atoms with Crippen LogP contribution in [-0.2, 0) is 14.0 Å². The number of benzene rings is 1. The molecule has 1 aliphatic heterocycles. The van der Waals surface area contributed by atoms with Gasteiger partial charge in [0.25, 0.3) is 0 Å². The number of hydrogen-bond donors (Lipinski definition) is 1. The van der Waals surface area contributed by atoms with Crippen LogP contribution >= 0.6 is 0 Å². The van der Waals surface area contributed by atoms with Crippen LogP contribution in [0, 0.1) is 11.8 Å². The molecule has 2 amide bonds. The van der Waals surface area contributed by atoms with Crippen molar-refractivity contribution in [3.8, 4) is 17.2 Å². The van der Waals surface area contributed by atoms with Gasteiger partial charge in [-0.15, -0.1) is 0 Å². The molecule has 0 radical (unpaired) electrons. The van der Waals surface area contributed by atoms with Gasteiger partial charge in [-0.05, 0) is 41.9 Å². The van der Waals surface area contributed by atoms with E-state index in [1.807, 2.05) is 18.2 Å². The molecule has 0 saturated carbocycles. The van der Waals surface area contributed by atoms with E-state index in [1.54, 1.807) is 21.3 Å². The molecule has 1 heterocycles. The Morgan fingerprint density at radius 2 is 1.55 bits per heavy atom. The minimum absolute atomic E-state index is 0.0144. The van der Waals surface area contributed by atoms with Gasteiger partial charge < -0.3 is 18.6 Å². The number of ether oxygens (including phenoxy) is 3. The summed E-state index contributed by atoms with van der Waals surface area (Å²) in [6.45, 7) is 10.9. The molecule has 1 aromatic carbocycles. The molecule has 1 N–H and O–H groups in total. The maximum Gasteiger partial charge on any atom is 0.250 e. The van der Waals surface area contributed by atoms with E-state index in [-0.39, 0.29) is 22.8 Å². The predicted molar refractivity (Wildman–Crippen MR) is 120 cm³/mol. The van der Waals surface area contributed by atoms with Gasteiger partial charge in [-0.1, -0.05) is 20.8 Å². The summed E-state index contributed by atoms with van der Waals surface area (Å²) in [6.07, 6.45) is 2.43. The smallest absolute Gasteiger partial charge is 0.250 e. The summed E-state index contributed by atoms with van der Waals surface area (Å²) in [5, 5.41) is 2.52. The van der Waals surface area contributed by atoms with E-state index < -0.39 is 20.2 Å². The van der Waals surface area contributed by atoms with Crippen LogP contribution in [0.3, 0.4) is 0 Å². The maximum absolute atomic E-state index is 12.7. The fraction of sp³-hybridized carbons (Fsp3) is 0.565. The van der Waals surface area contributed by atoms with Crippen molar-refractivity contribution in [3.05, 3.63) is 29.5 Å². The lowest BCUT2D eigenvalue weighted by Gasteiger charge is -2.40. The Morgan fingerprint density at radius 1 is 0.968 bits per heavy atom. The molecule has 0 bridgehead atoms. The fourth-order valence-corrected chi connectivity index (χ4v) is 5.13. The Morgan fingerprint density at radius 3 is 2.03 bits per heavy atom. The minimum Gasteiger partial charge on any atom is -0.547 e. The highest BCUT2D eigenvalue weighted by molar-refractivity contribution is 6.74. The molecule has 1 saturated heterocycles. The van der Waals surface area contributed by atoms with Crippen LogP contribution in [0.5, 0.6) is 17.2 Å². The van der Waals surface area contributed by atoms with E-state index in [2.05, 4.69) is 39.2 Å². The minimum atomic E-state index is -2.11. The quantitative estimate of drug-likeness (QED) is 0.524. The molecule has 3 atom stereocenters.